The fourth-order valence-corrected chi connectivity index (χ4v) is 9.41. The normalized spacial score (nSPS) is 41.6. The summed E-state index contributed by atoms with van der Waals surface area (Å²) in [6.07, 6.45) is 13.8. The Bertz CT molecular complexity index is 775. The van der Waals surface area contributed by atoms with Crippen molar-refractivity contribution < 1.29 is 19.0 Å². The fraction of sp³-hybridized carbons (Fsp3) is 0.967. The molecule has 3 aliphatic carbocycles. The molecule has 5 rings (SSSR count). The minimum absolute atomic E-state index is 0.0331. The second kappa shape index (κ2) is 10.5. The van der Waals surface area contributed by atoms with Gasteiger partial charge in [-0.2, -0.15) is 0 Å². The molecule has 6 atom stereocenters. The van der Waals surface area contributed by atoms with Gasteiger partial charge in [0, 0.05) is 31.0 Å². The van der Waals surface area contributed by atoms with Crippen LogP contribution in [0.4, 0.5) is 0 Å². The third kappa shape index (κ3) is 4.89. The maximum absolute atomic E-state index is 11.9. The van der Waals surface area contributed by atoms with Gasteiger partial charge >= 0.3 is 0 Å². The monoisotopic (exact) mass is 504 g/mol. The van der Waals surface area contributed by atoms with Gasteiger partial charge in [0.05, 0.1) is 25.4 Å². The molecule has 2 N–H and O–H groups in total. The molecule has 0 radical (unpaired) electrons. The van der Waals surface area contributed by atoms with Crippen LogP contribution in [-0.2, 0) is 19.0 Å². The lowest BCUT2D eigenvalue weighted by Crippen LogP contribution is -2.63. The Balaban J connectivity index is 1.21. The molecule has 3 saturated carbocycles. The van der Waals surface area contributed by atoms with Crippen LogP contribution in [0.5, 0.6) is 0 Å². The van der Waals surface area contributed by atoms with Crippen molar-refractivity contribution in [3.63, 3.8) is 0 Å². The topological polar surface area (TPSA) is 74.0 Å². The molecule has 0 aromatic heterocycles. The number of ether oxygens (including phenoxy) is 3. The summed E-state index contributed by atoms with van der Waals surface area (Å²) in [5, 5.41) is 0. The second-order valence-electron chi connectivity index (χ2n) is 14.0. The first-order valence-electron chi connectivity index (χ1n) is 15.0. The number of carbonyl (C=O) groups excluding carboxylic acids is 1. The maximum atomic E-state index is 11.9. The van der Waals surface area contributed by atoms with E-state index in [-0.39, 0.29) is 30.3 Å². The molecule has 5 fully saturated rings. The molecule has 2 aliphatic heterocycles. The van der Waals surface area contributed by atoms with Crippen molar-refractivity contribution in [3.05, 3.63) is 0 Å². The Labute approximate surface area is 219 Å². The molecular formula is C30H52N2O4. The zero-order chi connectivity index (χ0) is 25.6. The standard InChI is InChI=1S/C30H52N2O4/c1-28(2)14-9-24-29(3,23(28)13-18-34-22-11-16-32(17-12-22)26(33)19-31)15-10-25-30(24,4)20-35-27(36-25)21-7-5-6-8-21/h21-25,27H,5-20,31H2,1-4H3/t23-,24?,25-,27-,29+,30+/m1/s1. The van der Waals surface area contributed by atoms with Gasteiger partial charge in [-0.25, -0.2) is 0 Å². The van der Waals surface area contributed by atoms with E-state index in [0.29, 0.717) is 34.7 Å². The first kappa shape index (κ1) is 26.9. The molecule has 0 bridgehead atoms. The number of amides is 1. The highest BCUT2D eigenvalue weighted by molar-refractivity contribution is 5.78. The average Bonchev–Trinajstić information content (AvgIpc) is 3.40. The molecule has 2 heterocycles. The van der Waals surface area contributed by atoms with E-state index >= 15 is 0 Å². The van der Waals surface area contributed by atoms with Crippen LogP contribution in [0.2, 0.25) is 0 Å². The first-order valence-corrected chi connectivity index (χ1v) is 15.0. The Morgan fingerprint density at radius 1 is 0.972 bits per heavy atom. The lowest BCUT2D eigenvalue weighted by molar-refractivity contribution is -0.322. The van der Waals surface area contributed by atoms with Gasteiger partial charge in [0.25, 0.3) is 0 Å². The van der Waals surface area contributed by atoms with E-state index in [1.165, 1.54) is 44.9 Å². The van der Waals surface area contributed by atoms with Crippen molar-refractivity contribution in [3.8, 4) is 0 Å². The third-order valence-corrected chi connectivity index (χ3v) is 11.5. The molecule has 5 aliphatic rings. The van der Waals surface area contributed by atoms with Crippen LogP contribution in [0, 0.1) is 34.0 Å². The van der Waals surface area contributed by atoms with Gasteiger partial charge in [0.15, 0.2) is 6.29 Å². The molecule has 1 amide bonds. The summed E-state index contributed by atoms with van der Waals surface area (Å²) in [6.45, 7) is 13.4. The van der Waals surface area contributed by atoms with Crippen LogP contribution in [0.25, 0.3) is 0 Å². The number of carbonyl (C=O) groups is 1. The zero-order valence-corrected chi connectivity index (χ0v) is 23.4. The second-order valence-corrected chi connectivity index (χ2v) is 14.0. The van der Waals surface area contributed by atoms with Crippen LogP contribution in [-0.4, -0.2) is 62.2 Å². The molecular weight excluding hydrogens is 452 g/mol. The summed E-state index contributed by atoms with van der Waals surface area (Å²) in [6, 6.07) is 0. The lowest BCUT2D eigenvalue weighted by atomic mass is 9.42. The summed E-state index contributed by atoms with van der Waals surface area (Å²) in [5.74, 6) is 1.94. The van der Waals surface area contributed by atoms with E-state index in [2.05, 4.69) is 27.7 Å². The fourth-order valence-electron chi connectivity index (χ4n) is 9.41. The number of nitrogens with zero attached hydrogens (tertiary/aromatic N) is 1. The largest absolute Gasteiger partial charge is 0.378 e. The number of likely N-dealkylation sites (tertiary alicyclic amines) is 1. The number of nitrogens with two attached hydrogens (primary N) is 1. The summed E-state index contributed by atoms with van der Waals surface area (Å²) >= 11 is 0. The maximum Gasteiger partial charge on any atom is 0.236 e. The molecule has 0 spiro atoms. The number of hydrogen-bond donors (Lipinski definition) is 1. The molecule has 0 aromatic carbocycles. The van der Waals surface area contributed by atoms with Crippen LogP contribution >= 0.6 is 0 Å². The van der Waals surface area contributed by atoms with Crippen LogP contribution < -0.4 is 5.73 Å². The minimum atomic E-state index is 0.0331. The van der Waals surface area contributed by atoms with Gasteiger partial charge in [0.2, 0.25) is 5.91 Å². The smallest absolute Gasteiger partial charge is 0.236 e. The van der Waals surface area contributed by atoms with Crippen LogP contribution in [0.1, 0.15) is 98.3 Å². The van der Waals surface area contributed by atoms with Crippen molar-refractivity contribution in [2.45, 2.75) is 117 Å². The quantitative estimate of drug-likeness (QED) is 0.543. The van der Waals surface area contributed by atoms with Gasteiger partial charge in [-0.1, -0.05) is 40.5 Å². The van der Waals surface area contributed by atoms with E-state index in [4.69, 9.17) is 19.9 Å². The Hall–Kier alpha value is -0.690. The third-order valence-electron chi connectivity index (χ3n) is 11.5. The highest BCUT2D eigenvalue weighted by Gasteiger charge is 2.62. The Morgan fingerprint density at radius 2 is 1.69 bits per heavy atom. The molecule has 0 aromatic rings. The highest BCUT2D eigenvalue weighted by Crippen LogP contribution is 2.66. The Kier molecular flexibility index (Phi) is 7.82. The average molecular weight is 505 g/mol. The van der Waals surface area contributed by atoms with Gasteiger partial charge < -0.3 is 24.8 Å². The molecule has 1 unspecified atom stereocenters. The van der Waals surface area contributed by atoms with Crippen LogP contribution in [0.15, 0.2) is 0 Å². The lowest BCUT2D eigenvalue weighted by Gasteiger charge is -2.65. The predicted octanol–water partition coefficient (Wildman–Crippen LogP) is 5.13. The zero-order valence-electron chi connectivity index (χ0n) is 23.4. The molecule has 206 valence electrons. The molecule has 6 heteroatoms. The van der Waals surface area contributed by atoms with Crippen molar-refractivity contribution in [2.24, 2.45) is 39.7 Å². The van der Waals surface area contributed by atoms with Crippen molar-refractivity contribution >= 4 is 5.91 Å². The van der Waals surface area contributed by atoms with Gasteiger partial charge in [-0.05, 0) is 80.5 Å². The Morgan fingerprint density at radius 3 is 2.39 bits per heavy atom. The van der Waals surface area contributed by atoms with Crippen molar-refractivity contribution in [1.29, 1.82) is 0 Å². The summed E-state index contributed by atoms with van der Waals surface area (Å²) in [4.78, 5) is 13.8. The predicted molar refractivity (Wildman–Crippen MR) is 141 cm³/mol. The van der Waals surface area contributed by atoms with E-state index in [9.17, 15) is 4.79 Å². The summed E-state index contributed by atoms with van der Waals surface area (Å²) in [7, 11) is 0. The minimum Gasteiger partial charge on any atom is -0.378 e. The van der Waals surface area contributed by atoms with Gasteiger partial charge in [0.1, 0.15) is 0 Å². The first-order chi connectivity index (χ1) is 17.2. The van der Waals surface area contributed by atoms with E-state index in [1.807, 2.05) is 4.90 Å². The molecule has 6 nitrogen and oxygen atoms in total. The number of fused-ring (bicyclic) bond motifs is 3. The van der Waals surface area contributed by atoms with E-state index in [1.54, 1.807) is 0 Å². The number of rotatable bonds is 6. The number of hydrogen-bond acceptors (Lipinski definition) is 5. The summed E-state index contributed by atoms with van der Waals surface area (Å²) < 4.78 is 19.7. The van der Waals surface area contributed by atoms with Gasteiger partial charge in [-0.3, -0.25) is 4.79 Å². The van der Waals surface area contributed by atoms with Crippen molar-refractivity contribution in [1.82, 2.24) is 4.90 Å². The van der Waals surface area contributed by atoms with E-state index < -0.39 is 0 Å². The highest BCUT2D eigenvalue weighted by atomic mass is 16.7. The van der Waals surface area contributed by atoms with Crippen molar-refractivity contribution in [2.75, 3.05) is 32.8 Å². The summed E-state index contributed by atoms with van der Waals surface area (Å²) in [5.41, 5.74) is 6.26. The SMILES string of the molecule is CC1(C)CCC2[C@]3(C)CO[C@@H](C4CCCC4)O[C@@H]3CC[C@@]2(C)[C@@H]1CCOC1CCN(C(=O)CN)CC1. The molecule has 36 heavy (non-hydrogen) atoms. The number of piperidine rings is 1. The van der Waals surface area contributed by atoms with Gasteiger partial charge in [-0.15, -0.1) is 0 Å². The molecule has 2 saturated heterocycles. The van der Waals surface area contributed by atoms with Crippen LogP contribution in [0.3, 0.4) is 0 Å². The van der Waals surface area contributed by atoms with E-state index in [0.717, 1.165) is 52.0 Å².